The fraction of sp³-hybridized carbons (Fsp3) is 0.125. The highest BCUT2D eigenvalue weighted by Gasteiger charge is 2.19. The summed E-state index contributed by atoms with van der Waals surface area (Å²) < 4.78 is 37.6. The number of guanidine groups is 1. The van der Waals surface area contributed by atoms with Crippen LogP contribution in [0.25, 0.3) is 0 Å². The molecule has 0 saturated heterocycles. The van der Waals surface area contributed by atoms with Crippen molar-refractivity contribution in [1.29, 1.82) is 0 Å². The smallest absolute Gasteiger partial charge is 0.280 e. The lowest BCUT2D eigenvalue weighted by Gasteiger charge is -2.14. The average Bonchev–Trinajstić information content (AvgIpc) is 2.45. The number of aryl methyl sites for hydroxylation is 1. The van der Waals surface area contributed by atoms with Gasteiger partial charge in [0.2, 0.25) is 0 Å². The van der Waals surface area contributed by atoms with E-state index in [4.69, 9.17) is 11.5 Å². The van der Waals surface area contributed by atoms with Crippen LogP contribution in [-0.2, 0) is 9.84 Å². The van der Waals surface area contributed by atoms with Gasteiger partial charge >= 0.3 is 0 Å². The lowest BCUT2D eigenvalue weighted by molar-refractivity contribution is 0.100. The first-order valence-electron chi connectivity index (χ1n) is 7.09. The van der Waals surface area contributed by atoms with Crippen LogP contribution in [0.1, 0.15) is 15.9 Å². The molecule has 1 amide bonds. The van der Waals surface area contributed by atoms with Gasteiger partial charge in [0, 0.05) is 17.5 Å². The summed E-state index contributed by atoms with van der Waals surface area (Å²) in [7, 11) is -3.68. The minimum Gasteiger partial charge on any atom is -0.370 e. The number of nitrogens with one attached hydrogen (secondary N) is 1. The van der Waals surface area contributed by atoms with E-state index in [1.165, 1.54) is 30.3 Å². The van der Waals surface area contributed by atoms with E-state index in [1.54, 1.807) is 13.0 Å². The van der Waals surface area contributed by atoms with Crippen LogP contribution < -0.4 is 16.8 Å². The molecule has 0 aliphatic carbocycles. The van der Waals surface area contributed by atoms with Gasteiger partial charge in [0.05, 0.1) is 10.6 Å². The Kier molecular flexibility index (Phi) is 5.07. The number of anilines is 2. The maximum atomic E-state index is 13.3. The molecule has 0 spiro atoms. The maximum Gasteiger partial charge on any atom is 0.280 e. The van der Waals surface area contributed by atoms with Crippen LogP contribution in [0.5, 0.6) is 0 Å². The predicted octanol–water partition coefficient (Wildman–Crippen LogP) is 1.69. The van der Waals surface area contributed by atoms with E-state index in [1.807, 2.05) is 0 Å². The maximum absolute atomic E-state index is 13.3. The Morgan fingerprint density at radius 1 is 1.20 bits per heavy atom. The van der Waals surface area contributed by atoms with Crippen molar-refractivity contribution < 1.29 is 17.6 Å². The van der Waals surface area contributed by atoms with E-state index in [-0.39, 0.29) is 16.1 Å². The average molecular weight is 364 g/mol. The van der Waals surface area contributed by atoms with E-state index >= 15 is 0 Å². The summed E-state index contributed by atoms with van der Waals surface area (Å²) in [5.74, 6) is -1.64. The second kappa shape index (κ2) is 6.89. The van der Waals surface area contributed by atoms with Crippen molar-refractivity contribution in [2.75, 3.05) is 11.6 Å². The van der Waals surface area contributed by atoms with E-state index < -0.39 is 27.5 Å². The first kappa shape index (κ1) is 18.4. The minimum atomic E-state index is -3.68. The molecule has 0 fully saturated rings. The fourth-order valence-electron chi connectivity index (χ4n) is 2.22. The Hall–Kier alpha value is -2.94. The Morgan fingerprint density at radius 3 is 2.44 bits per heavy atom. The molecule has 2 aromatic carbocycles. The standard InChI is InChI=1S/C16H17FN4O3S/c1-9-6-13(20-11-5-3-4-10(17)7-11)14(25(2,23)24)8-12(9)15(22)21-16(18)19/h3-8,20H,1-2H3,(H4,18,19,21,22). The highest BCUT2D eigenvalue weighted by molar-refractivity contribution is 7.90. The van der Waals surface area contributed by atoms with Gasteiger partial charge < -0.3 is 16.8 Å². The zero-order chi connectivity index (χ0) is 18.8. The number of hydrogen-bond donors (Lipinski definition) is 3. The number of sulfone groups is 1. The third kappa shape index (κ3) is 4.54. The number of nitrogens with zero attached hydrogens (tertiary/aromatic N) is 1. The van der Waals surface area contributed by atoms with Crippen LogP contribution in [0, 0.1) is 12.7 Å². The minimum absolute atomic E-state index is 0.0543. The molecule has 0 bridgehead atoms. The van der Waals surface area contributed by atoms with Crippen molar-refractivity contribution in [3.05, 3.63) is 53.3 Å². The van der Waals surface area contributed by atoms with Crippen molar-refractivity contribution >= 4 is 33.1 Å². The summed E-state index contributed by atoms with van der Waals surface area (Å²) in [5, 5.41) is 2.85. The molecule has 7 nitrogen and oxygen atoms in total. The number of benzene rings is 2. The monoisotopic (exact) mass is 364 g/mol. The zero-order valence-electron chi connectivity index (χ0n) is 13.6. The molecular weight excluding hydrogens is 347 g/mol. The molecular formula is C16H17FN4O3S. The molecule has 132 valence electrons. The van der Waals surface area contributed by atoms with Crippen LogP contribution in [-0.4, -0.2) is 26.5 Å². The molecule has 0 aliphatic heterocycles. The van der Waals surface area contributed by atoms with E-state index in [9.17, 15) is 17.6 Å². The van der Waals surface area contributed by atoms with Gasteiger partial charge in [0.25, 0.3) is 5.91 Å². The van der Waals surface area contributed by atoms with E-state index in [0.717, 1.165) is 6.26 Å². The molecule has 0 radical (unpaired) electrons. The Balaban J connectivity index is 2.59. The lowest BCUT2D eigenvalue weighted by atomic mass is 10.1. The third-order valence-corrected chi connectivity index (χ3v) is 4.43. The Labute approximate surface area is 144 Å². The second-order valence-electron chi connectivity index (χ2n) is 5.41. The summed E-state index contributed by atoms with van der Waals surface area (Å²) in [4.78, 5) is 15.4. The fourth-order valence-corrected chi connectivity index (χ4v) is 3.06. The zero-order valence-corrected chi connectivity index (χ0v) is 14.4. The van der Waals surface area contributed by atoms with Gasteiger partial charge in [0.1, 0.15) is 5.82 Å². The number of rotatable bonds is 4. The van der Waals surface area contributed by atoms with Gasteiger partial charge in [-0.25, -0.2) is 12.8 Å². The second-order valence-corrected chi connectivity index (χ2v) is 7.40. The quantitative estimate of drug-likeness (QED) is 0.559. The number of halogens is 1. The largest absolute Gasteiger partial charge is 0.370 e. The molecule has 0 heterocycles. The van der Waals surface area contributed by atoms with Crippen LogP contribution in [0.15, 0.2) is 46.3 Å². The summed E-state index contributed by atoms with van der Waals surface area (Å²) in [5.41, 5.74) is 11.5. The molecule has 2 aromatic rings. The lowest BCUT2D eigenvalue weighted by Crippen LogP contribution is -2.24. The summed E-state index contributed by atoms with van der Waals surface area (Å²) >= 11 is 0. The molecule has 25 heavy (non-hydrogen) atoms. The molecule has 0 atom stereocenters. The Morgan fingerprint density at radius 2 is 1.88 bits per heavy atom. The number of carbonyl (C=O) groups is 1. The molecule has 0 saturated carbocycles. The van der Waals surface area contributed by atoms with Gasteiger partial charge in [-0.3, -0.25) is 4.79 Å². The summed E-state index contributed by atoms with van der Waals surface area (Å²) in [6.07, 6.45) is 1.00. The number of amides is 1. The summed E-state index contributed by atoms with van der Waals surface area (Å²) in [6, 6.07) is 8.23. The van der Waals surface area contributed by atoms with Crippen LogP contribution in [0.4, 0.5) is 15.8 Å². The predicted molar refractivity (Wildman–Crippen MR) is 94.1 cm³/mol. The van der Waals surface area contributed by atoms with Gasteiger partial charge in [-0.15, -0.1) is 0 Å². The molecule has 5 N–H and O–H groups in total. The first-order valence-corrected chi connectivity index (χ1v) is 8.98. The van der Waals surface area contributed by atoms with Crippen molar-refractivity contribution in [2.45, 2.75) is 11.8 Å². The van der Waals surface area contributed by atoms with Crippen LogP contribution in [0.3, 0.4) is 0 Å². The molecule has 0 unspecified atom stereocenters. The van der Waals surface area contributed by atoms with E-state index in [0.29, 0.717) is 11.3 Å². The molecule has 9 heteroatoms. The highest BCUT2D eigenvalue weighted by atomic mass is 32.2. The number of carbonyl (C=O) groups excluding carboxylic acids is 1. The highest BCUT2D eigenvalue weighted by Crippen LogP contribution is 2.29. The molecule has 0 aromatic heterocycles. The van der Waals surface area contributed by atoms with Crippen molar-refractivity contribution in [1.82, 2.24) is 0 Å². The van der Waals surface area contributed by atoms with Gasteiger partial charge in [-0.1, -0.05) is 6.07 Å². The Bertz CT molecular complexity index is 967. The SMILES string of the molecule is Cc1cc(Nc2cccc(F)c2)c(S(C)(=O)=O)cc1C(=O)N=C(N)N. The van der Waals surface area contributed by atoms with Crippen molar-refractivity contribution in [2.24, 2.45) is 16.5 Å². The topological polar surface area (TPSA) is 128 Å². The first-order chi connectivity index (χ1) is 11.6. The number of aliphatic imine (C=N–C) groups is 1. The van der Waals surface area contributed by atoms with Gasteiger partial charge in [0.15, 0.2) is 15.8 Å². The third-order valence-electron chi connectivity index (χ3n) is 3.29. The van der Waals surface area contributed by atoms with Crippen LogP contribution >= 0.6 is 0 Å². The summed E-state index contributed by atoms with van der Waals surface area (Å²) in [6.45, 7) is 1.61. The van der Waals surface area contributed by atoms with Crippen molar-refractivity contribution in [3.8, 4) is 0 Å². The molecule has 2 rings (SSSR count). The molecule has 0 aliphatic rings. The van der Waals surface area contributed by atoms with Gasteiger partial charge in [-0.2, -0.15) is 4.99 Å². The normalized spacial score (nSPS) is 11.0. The van der Waals surface area contributed by atoms with Gasteiger partial charge in [-0.05, 0) is 42.8 Å². The van der Waals surface area contributed by atoms with Crippen molar-refractivity contribution in [3.63, 3.8) is 0 Å². The number of hydrogen-bond acceptors (Lipinski definition) is 4. The van der Waals surface area contributed by atoms with E-state index in [2.05, 4.69) is 10.3 Å². The number of nitrogens with two attached hydrogens (primary N) is 2. The van der Waals surface area contributed by atoms with Crippen LogP contribution in [0.2, 0.25) is 0 Å².